The Bertz CT molecular complexity index is 491. The Labute approximate surface area is 128 Å². The van der Waals surface area contributed by atoms with Gasteiger partial charge in [-0.05, 0) is 53.1 Å². The summed E-state index contributed by atoms with van der Waals surface area (Å²) < 4.78 is 0.848. The fourth-order valence-corrected chi connectivity index (χ4v) is 4.17. The first kappa shape index (κ1) is 14.1. The molecule has 1 N–H and O–H groups in total. The number of fused-ring (bicyclic) bond motifs is 1. The molecule has 3 nitrogen and oxygen atoms in total. The second kappa shape index (κ2) is 6.25. The Morgan fingerprint density at radius 3 is 2.75 bits per heavy atom. The minimum absolute atomic E-state index is 0.0121. The zero-order valence-electron chi connectivity index (χ0n) is 11.6. The van der Waals surface area contributed by atoms with Crippen molar-refractivity contribution in [1.82, 2.24) is 10.3 Å². The van der Waals surface area contributed by atoms with Crippen LogP contribution in [0.15, 0.2) is 22.9 Å². The maximum atomic E-state index is 12.3. The summed E-state index contributed by atoms with van der Waals surface area (Å²) in [4.78, 5) is 16.3. The molecule has 1 aromatic rings. The smallest absolute Gasteiger partial charge is 0.253 e. The molecule has 4 heteroatoms. The van der Waals surface area contributed by atoms with Gasteiger partial charge in [-0.1, -0.05) is 25.7 Å². The first-order valence-electron chi connectivity index (χ1n) is 7.64. The Morgan fingerprint density at radius 1 is 1.15 bits per heavy atom. The summed E-state index contributed by atoms with van der Waals surface area (Å²) in [6, 6.07) is 2.18. The van der Waals surface area contributed by atoms with Crippen molar-refractivity contribution in [2.45, 2.75) is 51.0 Å². The summed E-state index contributed by atoms with van der Waals surface area (Å²) >= 11 is 3.36. The molecule has 2 aliphatic rings. The number of halogens is 1. The number of hydrogen-bond acceptors (Lipinski definition) is 2. The highest BCUT2D eigenvalue weighted by molar-refractivity contribution is 9.10. The molecule has 3 atom stereocenters. The molecule has 1 aromatic heterocycles. The molecule has 0 unspecified atom stereocenters. The van der Waals surface area contributed by atoms with E-state index in [0.717, 1.165) is 29.2 Å². The van der Waals surface area contributed by atoms with Gasteiger partial charge in [0.2, 0.25) is 0 Å². The van der Waals surface area contributed by atoms with Crippen LogP contribution in [-0.2, 0) is 0 Å². The van der Waals surface area contributed by atoms with Gasteiger partial charge in [-0.15, -0.1) is 0 Å². The molecule has 0 radical (unpaired) electrons. The Balaban J connectivity index is 1.59. The lowest BCUT2D eigenvalue weighted by molar-refractivity contribution is 0.0879. The predicted octanol–water partition coefficient (Wildman–Crippen LogP) is 3.93. The third-order valence-corrected chi connectivity index (χ3v) is 5.28. The maximum absolute atomic E-state index is 12.3. The van der Waals surface area contributed by atoms with Crippen LogP contribution in [0.1, 0.15) is 55.3 Å². The van der Waals surface area contributed by atoms with Crippen molar-refractivity contribution in [2.24, 2.45) is 11.8 Å². The van der Waals surface area contributed by atoms with Crippen molar-refractivity contribution < 1.29 is 4.79 Å². The highest BCUT2D eigenvalue weighted by Gasteiger charge is 2.32. The molecule has 2 saturated carbocycles. The minimum atomic E-state index is 0.0121. The molecule has 108 valence electrons. The van der Waals surface area contributed by atoms with Gasteiger partial charge in [0.25, 0.3) is 5.91 Å². The van der Waals surface area contributed by atoms with E-state index in [9.17, 15) is 4.79 Å². The van der Waals surface area contributed by atoms with E-state index >= 15 is 0 Å². The van der Waals surface area contributed by atoms with E-state index in [0.29, 0.717) is 11.6 Å². The summed E-state index contributed by atoms with van der Waals surface area (Å²) in [7, 11) is 0. The third-order valence-electron chi connectivity index (χ3n) is 4.84. The molecule has 2 aliphatic carbocycles. The number of nitrogens with zero attached hydrogens (tertiary/aromatic N) is 1. The minimum Gasteiger partial charge on any atom is -0.349 e. The molecule has 3 rings (SSSR count). The van der Waals surface area contributed by atoms with Crippen LogP contribution in [0, 0.1) is 11.8 Å². The third kappa shape index (κ3) is 3.22. The first-order valence-corrected chi connectivity index (χ1v) is 8.43. The normalized spacial score (nSPS) is 29.6. The van der Waals surface area contributed by atoms with Crippen LogP contribution in [0.3, 0.4) is 0 Å². The van der Waals surface area contributed by atoms with Gasteiger partial charge < -0.3 is 5.32 Å². The molecule has 0 spiro atoms. The van der Waals surface area contributed by atoms with Crippen molar-refractivity contribution >= 4 is 21.8 Å². The van der Waals surface area contributed by atoms with Crippen LogP contribution in [-0.4, -0.2) is 16.9 Å². The van der Waals surface area contributed by atoms with E-state index in [1.54, 1.807) is 12.4 Å². The monoisotopic (exact) mass is 336 g/mol. The average molecular weight is 337 g/mol. The first-order chi connectivity index (χ1) is 9.72. The molecule has 1 amide bonds. The number of carbonyl (C=O) groups excluding carboxylic acids is 1. The van der Waals surface area contributed by atoms with Gasteiger partial charge in [-0.25, -0.2) is 0 Å². The summed E-state index contributed by atoms with van der Waals surface area (Å²) in [6.45, 7) is 0. The number of carbonyl (C=O) groups is 1. The number of amides is 1. The summed E-state index contributed by atoms with van der Waals surface area (Å²) in [6.07, 6.45) is 12.4. The topological polar surface area (TPSA) is 42.0 Å². The van der Waals surface area contributed by atoms with Crippen molar-refractivity contribution in [3.8, 4) is 0 Å². The van der Waals surface area contributed by atoms with Gasteiger partial charge in [-0.2, -0.15) is 0 Å². The zero-order valence-corrected chi connectivity index (χ0v) is 13.2. The van der Waals surface area contributed by atoms with Crippen molar-refractivity contribution in [3.63, 3.8) is 0 Å². The van der Waals surface area contributed by atoms with E-state index in [2.05, 4.69) is 26.2 Å². The number of pyridine rings is 1. The van der Waals surface area contributed by atoms with Gasteiger partial charge in [0.15, 0.2) is 0 Å². The number of aromatic nitrogens is 1. The lowest BCUT2D eigenvalue weighted by Gasteiger charge is -2.39. The van der Waals surface area contributed by atoms with Crippen LogP contribution in [0.5, 0.6) is 0 Å². The van der Waals surface area contributed by atoms with Crippen molar-refractivity contribution in [3.05, 3.63) is 28.5 Å². The zero-order chi connectivity index (χ0) is 13.9. The Morgan fingerprint density at radius 2 is 1.95 bits per heavy atom. The molecule has 0 aliphatic heterocycles. The molecule has 0 aromatic carbocycles. The standard InChI is InChI=1S/C16H21BrN2O/c17-14-7-13(9-18-10-14)16(20)19-15-6-5-11-3-1-2-4-12(11)8-15/h7,9-12,15H,1-6,8H2,(H,19,20)/t11-,12-,15-/m1/s1. The van der Waals surface area contributed by atoms with Gasteiger partial charge in [-0.3, -0.25) is 9.78 Å². The lowest BCUT2D eigenvalue weighted by Crippen LogP contribution is -2.41. The molecule has 1 heterocycles. The van der Waals surface area contributed by atoms with Crippen LogP contribution in [0.2, 0.25) is 0 Å². The SMILES string of the molecule is O=C(N[C@@H]1CC[C@H]2CCCC[C@@H]2C1)c1cncc(Br)c1. The van der Waals surface area contributed by atoms with Crippen LogP contribution < -0.4 is 5.32 Å². The highest BCUT2D eigenvalue weighted by Crippen LogP contribution is 2.40. The molecule has 0 bridgehead atoms. The van der Waals surface area contributed by atoms with E-state index in [4.69, 9.17) is 0 Å². The van der Waals surface area contributed by atoms with Crippen molar-refractivity contribution in [2.75, 3.05) is 0 Å². The molecular weight excluding hydrogens is 316 g/mol. The molecule has 0 saturated heterocycles. The van der Waals surface area contributed by atoms with Gasteiger partial charge in [0.05, 0.1) is 5.56 Å². The fraction of sp³-hybridized carbons (Fsp3) is 0.625. The second-order valence-electron chi connectivity index (χ2n) is 6.18. The van der Waals surface area contributed by atoms with E-state index in [1.165, 1.54) is 32.1 Å². The average Bonchev–Trinajstić information content (AvgIpc) is 2.47. The summed E-state index contributed by atoms with van der Waals surface area (Å²) in [5.41, 5.74) is 0.644. The van der Waals surface area contributed by atoms with Gasteiger partial charge in [0, 0.05) is 22.9 Å². The van der Waals surface area contributed by atoms with Crippen LogP contribution in [0.4, 0.5) is 0 Å². The number of hydrogen-bond donors (Lipinski definition) is 1. The van der Waals surface area contributed by atoms with E-state index in [-0.39, 0.29) is 5.91 Å². The highest BCUT2D eigenvalue weighted by atomic mass is 79.9. The second-order valence-corrected chi connectivity index (χ2v) is 7.10. The van der Waals surface area contributed by atoms with E-state index < -0.39 is 0 Å². The number of nitrogens with one attached hydrogen (secondary N) is 1. The van der Waals surface area contributed by atoms with Gasteiger partial charge in [0.1, 0.15) is 0 Å². The Hall–Kier alpha value is -0.900. The maximum Gasteiger partial charge on any atom is 0.253 e. The predicted molar refractivity (Wildman–Crippen MR) is 82.5 cm³/mol. The Kier molecular flexibility index (Phi) is 4.39. The summed E-state index contributed by atoms with van der Waals surface area (Å²) in [5, 5.41) is 3.20. The van der Waals surface area contributed by atoms with Crippen LogP contribution >= 0.6 is 15.9 Å². The van der Waals surface area contributed by atoms with E-state index in [1.807, 2.05) is 6.07 Å². The number of rotatable bonds is 2. The molecular formula is C16H21BrN2O. The quantitative estimate of drug-likeness (QED) is 0.888. The summed E-state index contributed by atoms with van der Waals surface area (Å²) in [5.74, 6) is 1.77. The lowest BCUT2D eigenvalue weighted by atomic mass is 9.69. The molecule has 20 heavy (non-hydrogen) atoms. The van der Waals surface area contributed by atoms with Gasteiger partial charge >= 0.3 is 0 Å². The largest absolute Gasteiger partial charge is 0.349 e. The molecule has 2 fully saturated rings. The van der Waals surface area contributed by atoms with Crippen molar-refractivity contribution in [1.29, 1.82) is 0 Å². The van der Waals surface area contributed by atoms with Crippen LogP contribution in [0.25, 0.3) is 0 Å². The fourth-order valence-electron chi connectivity index (χ4n) is 3.81.